The molecule has 1 aromatic heterocycles. The van der Waals surface area contributed by atoms with Crippen LogP contribution in [0.25, 0.3) is 0 Å². The maximum Gasteiger partial charge on any atom is 0.257 e. The number of hydrogen-bond donors (Lipinski definition) is 2. The lowest BCUT2D eigenvalue weighted by Gasteiger charge is -2.08. The van der Waals surface area contributed by atoms with E-state index in [1.54, 1.807) is 24.3 Å². The van der Waals surface area contributed by atoms with Crippen molar-refractivity contribution in [1.82, 2.24) is 4.98 Å². The van der Waals surface area contributed by atoms with Crippen LogP contribution in [0.2, 0.25) is 5.02 Å². The molecule has 0 bridgehead atoms. The van der Waals surface area contributed by atoms with Crippen LogP contribution in [0, 0.1) is 0 Å². The maximum absolute atomic E-state index is 12.0. The molecule has 0 aliphatic heterocycles. The molecule has 8 heteroatoms. The van der Waals surface area contributed by atoms with Crippen LogP contribution in [0.15, 0.2) is 42.7 Å². The second kappa shape index (κ2) is 6.11. The van der Waals surface area contributed by atoms with E-state index in [4.69, 9.17) is 11.6 Å². The van der Waals surface area contributed by atoms with Crippen molar-refractivity contribution in [3.63, 3.8) is 0 Å². The number of hydrogen-bond acceptors (Lipinski definition) is 4. The van der Waals surface area contributed by atoms with Gasteiger partial charge in [0.05, 0.1) is 16.8 Å². The fourth-order valence-electron chi connectivity index (χ4n) is 1.59. The largest absolute Gasteiger partial charge is 0.322 e. The SMILES string of the molecule is CS(=O)(=O)Nc1ccc(NC(=O)c2ccncc2Cl)cc1. The minimum atomic E-state index is -3.32. The van der Waals surface area contributed by atoms with Crippen LogP contribution in [-0.4, -0.2) is 25.6 Å². The van der Waals surface area contributed by atoms with E-state index in [-0.39, 0.29) is 10.9 Å². The van der Waals surface area contributed by atoms with E-state index >= 15 is 0 Å². The smallest absolute Gasteiger partial charge is 0.257 e. The number of halogens is 1. The summed E-state index contributed by atoms with van der Waals surface area (Å²) in [6.07, 6.45) is 3.92. The predicted molar refractivity (Wildman–Crippen MR) is 82.1 cm³/mol. The third kappa shape index (κ3) is 4.44. The second-order valence-corrected chi connectivity index (χ2v) is 6.42. The molecule has 1 heterocycles. The molecule has 0 saturated heterocycles. The van der Waals surface area contributed by atoms with Gasteiger partial charge in [0.15, 0.2) is 0 Å². The van der Waals surface area contributed by atoms with Gasteiger partial charge in [0.1, 0.15) is 0 Å². The molecule has 0 spiro atoms. The van der Waals surface area contributed by atoms with Crippen molar-refractivity contribution in [2.45, 2.75) is 0 Å². The topological polar surface area (TPSA) is 88.2 Å². The third-order valence-corrected chi connectivity index (χ3v) is 3.37. The Kier molecular flexibility index (Phi) is 4.44. The molecule has 6 nitrogen and oxygen atoms in total. The Bertz CT molecular complexity index is 760. The normalized spacial score (nSPS) is 11.0. The average Bonchev–Trinajstić information content (AvgIpc) is 2.40. The van der Waals surface area contributed by atoms with Gasteiger partial charge >= 0.3 is 0 Å². The van der Waals surface area contributed by atoms with E-state index in [0.717, 1.165) is 6.26 Å². The zero-order chi connectivity index (χ0) is 15.5. The number of nitrogens with one attached hydrogen (secondary N) is 2. The van der Waals surface area contributed by atoms with Gasteiger partial charge in [-0.05, 0) is 30.3 Å². The van der Waals surface area contributed by atoms with E-state index in [1.807, 2.05) is 0 Å². The van der Waals surface area contributed by atoms with Crippen LogP contribution in [-0.2, 0) is 10.0 Å². The molecule has 0 aliphatic carbocycles. The number of aromatic nitrogens is 1. The van der Waals surface area contributed by atoms with Crippen molar-refractivity contribution in [3.8, 4) is 0 Å². The fourth-order valence-corrected chi connectivity index (χ4v) is 2.36. The highest BCUT2D eigenvalue weighted by molar-refractivity contribution is 7.92. The monoisotopic (exact) mass is 325 g/mol. The van der Waals surface area contributed by atoms with Gasteiger partial charge in [0.25, 0.3) is 5.91 Å². The highest BCUT2D eigenvalue weighted by Crippen LogP contribution is 2.18. The first-order valence-corrected chi connectivity index (χ1v) is 8.11. The Morgan fingerprint density at radius 1 is 1.14 bits per heavy atom. The summed E-state index contributed by atoms with van der Waals surface area (Å²) in [6.45, 7) is 0. The molecular formula is C13H12ClN3O3S. The number of anilines is 2. The molecule has 0 radical (unpaired) electrons. The molecule has 110 valence electrons. The summed E-state index contributed by atoms with van der Waals surface area (Å²) >= 11 is 5.88. The first-order valence-electron chi connectivity index (χ1n) is 5.84. The van der Waals surface area contributed by atoms with Crippen LogP contribution in [0.4, 0.5) is 11.4 Å². The summed E-state index contributed by atoms with van der Waals surface area (Å²) < 4.78 is 24.5. The molecule has 2 rings (SSSR count). The Hall–Kier alpha value is -2.12. The molecule has 1 amide bonds. The summed E-state index contributed by atoms with van der Waals surface area (Å²) in [4.78, 5) is 15.8. The van der Waals surface area contributed by atoms with Gasteiger partial charge in [-0.3, -0.25) is 14.5 Å². The number of rotatable bonds is 4. The minimum Gasteiger partial charge on any atom is -0.322 e. The first kappa shape index (κ1) is 15.3. The molecule has 1 aromatic carbocycles. The van der Waals surface area contributed by atoms with E-state index < -0.39 is 10.0 Å². The molecule has 21 heavy (non-hydrogen) atoms. The van der Waals surface area contributed by atoms with Crippen molar-refractivity contribution in [2.75, 3.05) is 16.3 Å². The van der Waals surface area contributed by atoms with Crippen molar-refractivity contribution >= 4 is 38.9 Å². The number of carbonyl (C=O) groups is 1. The van der Waals surface area contributed by atoms with Crippen molar-refractivity contribution in [1.29, 1.82) is 0 Å². The zero-order valence-electron chi connectivity index (χ0n) is 11.0. The maximum atomic E-state index is 12.0. The van der Waals surface area contributed by atoms with Gasteiger partial charge in [0, 0.05) is 23.8 Å². The van der Waals surface area contributed by atoms with Crippen LogP contribution in [0.1, 0.15) is 10.4 Å². The van der Waals surface area contributed by atoms with E-state index in [9.17, 15) is 13.2 Å². The van der Waals surface area contributed by atoms with E-state index in [0.29, 0.717) is 16.9 Å². The highest BCUT2D eigenvalue weighted by Gasteiger charge is 2.10. The van der Waals surface area contributed by atoms with Crippen molar-refractivity contribution in [2.24, 2.45) is 0 Å². The van der Waals surface area contributed by atoms with Gasteiger partial charge in [-0.25, -0.2) is 8.42 Å². The summed E-state index contributed by atoms with van der Waals surface area (Å²) in [5, 5.41) is 2.92. The van der Waals surface area contributed by atoms with Crippen LogP contribution < -0.4 is 10.0 Å². The van der Waals surface area contributed by atoms with Gasteiger partial charge in [-0.15, -0.1) is 0 Å². The molecular weight excluding hydrogens is 314 g/mol. The number of benzene rings is 1. The number of amides is 1. The van der Waals surface area contributed by atoms with Gasteiger partial charge in [0.2, 0.25) is 10.0 Å². The Morgan fingerprint density at radius 2 is 1.76 bits per heavy atom. The minimum absolute atomic E-state index is 0.255. The second-order valence-electron chi connectivity index (χ2n) is 4.26. The number of nitrogens with zero attached hydrogens (tertiary/aromatic N) is 1. The Morgan fingerprint density at radius 3 is 2.33 bits per heavy atom. The van der Waals surface area contributed by atoms with E-state index in [2.05, 4.69) is 15.0 Å². The standard InChI is InChI=1S/C13H12ClN3O3S/c1-21(19,20)17-10-4-2-9(3-5-10)16-13(18)11-6-7-15-8-12(11)14/h2-8,17H,1H3,(H,16,18). The third-order valence-electron chi connectivity index (χ3n) is 2.46. The number of sulfonamides is 1. The summed E-state index contributed by atoms with van der Waals surface area (Å²) in [6, 6.07) is 7.77. The summed E-state index contributed by atoms with van der Waals surface area (Å²) in [5.41, 5.74) is 1.24. The van der Waals surface area contributed by atoms with Gasteiger partial charge in [-0.2, -0.15) is 0 Å². The molecule has 2 N–H and O–H groups in total. The molecule has 0 saturated carbocycles. The van der Waals surface area contributed by atoms with Crippen LogP contribution in [0.5, 0.6) is 0 Å². The molecule has 0 atom stereocenters. The lowest BCUT2D eigenvalue weighted by molar-refractivity contribution is 0.102. The lowest BCUT2D eigenvalue weighted by Crippen LogP contribution is -2.13. The lowest BCUT2D eigenvalue weighted by atomic mass is 10.2. The van der Waals surface area contributed by atoms with Gasteiger partial charge in [-0.1, -0.05) is 11.6 Å². The molecule has 0 fully saturated rings. The summed E-state index contributed by atoms with van der Waals surface area (Å²) in [7, 11) is -3.32. The Labute approximate surface area is 127 Å². The highest BCUT2D eigenvalue weighted by atomic mass is 35.5. The summed E-state index contributed by atoms with van der Waals surface area (Å²) in [5.74, 6) is -0.369. The number of carbonyl (C=O) groups excluding carboxylic acids is 1. The zero-order valence-corrected chi connectivity index (χ0v) is 12.6. The Balaban J connectivity index is 2.10. The quantitative estimate of drug-likeness (QED) is 0.903. The molecule has 0 unspecified atom stereocenters. The van der Waals surface area contributed by atoms with E-state index in [1.165, 1.54) is 18.5 Å². The van der Waals surface area contributed by atoms with Crippen LogP contribution in [0.3, 0.4) is 0 Å². The average molecular weight is 326 g/mol. The fraction of sp³-hybridized carbons (Fsp3) is 0.0769. The van der Waals surface area contributed by atoms with Crippen molar-refractivity contribution in [3.05, 3.63) is 53.3 Å². The van der Waals surface area contributed by atoms with Gasteiger partial charge < -0.3 is 5.32 Å². The van der Waals surface area contributed by atoms with Crippen LogP contribution >= 0.6 is 11.6 Å². The first-order chi connectivity index (χ1) is 9.85. The van der Waals surface area contributed by atoms with Crippen molar-refractivity contribution < 1.29 is 13.2 Å². The molecule has 2 aromatic rings. The number of pyridine rings is 1. The predicted octanol–water partition coefficient (Wildman–Crippen LogP) is 2.36. The molecule has 0 aliphatic rings.